The summed E-state index contributed by atoms with van der Waals surface area (Å²) in [6.07, 6.45) is 4.99. The maximum absolute atomic E-state index is 13.1. The van der Waals surface area contributed by atoms with Gasteiger partial charge in [-0.05, 0) is 57.6 Å². The standard InChI is InChI=1S/C20H26N4O3/c1-12-2-5-17-18(21-12)22-20(27-17)23-8-6-13(7-9-23)19(26)24-14-3-4-15(24)11-16(25)10-14/h2,5,13-16,25H,3-4,6-11H2,1H3/t14-,15+,16?. The molecule has 3 fully saturated rings. The Kier molecular flexibility index (Phi) is 4.07. The van der Waals surface area contributed by atoms with Crippen LogP contribution >= 0.6 is 0 Å². The van der Waals surface area contributed by atoms with Gasteiger partial charge in [0, 0.05) is 36.8 Å². The largest absolute Gasteiger partial charge is 0.422 e. The normalized spacial score (nSPS) is 28.9. The van der Waals surface area contributed by atoms with E-state index in [0.717, 1.165) is 57.3 Å². The molecule has 144 valence electrons. The average molecular weight is 370 g/mol. The van der Waals surface area contributed by atoms with Crippen LogP contribution < -0.4 is 4.90 Å². The molecule has 0 aromatic carbocycles. The number of carbonyl (C=O) groups is 1. The number of rotatable bonds is 2. The van der Waals surface area contributed by atoms with Crippen molar-refractivity contribution in [2.45, 2.75) is 63.6 Å². The van der Waals surface area contributed by atoms with Crippen LogP contribution in [0.1, 0.15) is 44.2 Å². The molecule has 7 nitrogen and oxygen atoms in total. The van der Waals surface area contributed by atoms with E-state index in [-0.39, 0.29) is 24.1 Å². The molecule has 2 aromatic rings. The number of anilines is 1. The predicted octanol–water partition coefficient (Wildman–Crippen LogP) is 2.26. The Bertz CT molecular complexity index is 844. The Morgan fingerprint density at radius 3 is 2.52 bits per heavy atom. The van der Waals surface area contributed by atoms with Gasteiger partial charge in [-0.15, -0.1) is 0 Å². The van der Waals surface area contributed by atoms with Gasteiger partial charge in [-0.25, -0.2) is 4.98 Å². The minimum absolute atomic E-state index is 0.0735. The van der Waals surface area contributed by atoms with Gasteiger partial charge in [-0.1, -0.05) is 0 Å². The molecule has 1 N–H and O–H groups in total. The highest BCUT2D eigenvalue weighted by molar-refractivity contribution is 5.80. The lowest BCUT2D eigenvalue weighted by Gasteiger charge is -2.40. The van der Waals surface area contributed by atoms with E-state index in [2.05, 4.69) is 19.8 Å². The zero-order valence-electron chi connectivity index (χ0n) is 15.7. The van der Waals surface area contributed by atoms with Crippen molar-refractivity contribution in [3.05, 3.63) is 17.8 Å². The van der Waals surface area contributed by atoms with Crippen LogP contribution in [-0.2, 0) is 4.79 Å². The number of aliphatic hydroxyl groups excluding tert-OH is 1. The van der Waals surface area contributed by atoms with Gasteiger partial charge in [0.25, 0.3) is 6.01 Å². The quantitative estimate of drug-likeness (QED) is 0.873. The number of hydrogen-bond acceptors (Lipinski definition) is 6. The van der Waals surface area contributed by atoms with Crippen molar-refractivity contribution in [1.82, 2.24) is 14.9 Å². The van der Waals surface area contributed by atoms with E-state index in [9.17, 15) is 9.90 Å². The highest BCUT2D eigenvalue weighted by Gasteiger charge is 2.44. The number of oxazole rings is 1. The van der Waals surface area contributed by atoms with Crippen molar-refractivity contribution in [1.29, 1.82) is 0 Å². The first kappa shape index (κ1) is 17.0. The third-order valence-corrected chi connectivity index (χ3v) is 6.46. The van der Waals surface area contributed by atoms with Crippen molar-refractivity contribution in [3.63, 3.8) is 0 Å². The van der Waals surface area contributed by atoms with Gasteiger partial charge in [0.1, 0.15) is 0 Å². The number of piperidine rings is 2. The number of aryl methyl sites for hydroxylation is 1. The van der Waals surface area contributed by atoms with E-state index in [1.54, 1.807) is 0 Å². The van der Waals surface area contributed by atoms with E-state index < -0.39 is 0 Å². The number of pyridine rings is 1. The van der Waals surface area contributed by atoms with E-state index in [0.29, 0.717) is 23.2 Å². The number of aromatic nitrogens is 2. The summed E-state index contributed by atoms with van der Waals surface area (Å²) in [7, 11) is 0. The monoisotopic (exact) mass is 370 g/mol. The maximum Gasteiger partial charge on any atom is 0.299 e. The maximum atomic E-state index is 13.1. The predicted molar refractivity (Wildman–Crippen MR) is 100 cm³/mol. The second-order valence-electron chi connectivity index (χ2n) is 8.29. The first-order chi connectivity index (χ1) is 13.1. The van der Waals surface area contributed by atoms with Crippen LogP contribution in [0.4, 0.5) is 6.01 Å². The molecule has 3 saturated heterocycles. The highest BCUT2D eigenvalue weighted by Crippen LogP contribution is 2.38. The van der Waals surface area contributed by atoms with Gasteiger partial charge in [-0.3, -0.25) is 4.79 Å². The summed E-state index contributed by atoms with van der Waals surface area (Å²) in [6.45, 7) is 3.49. The van der Waals surface area contributed by atoms with E-state index >= 15 is 0 Å². The second kappa shape index (κ2) is 6.48. The fourth-order valence-corrected chi connectivity index (χ4v) is 5.07. The highest BCUT2D eigenvalue weighted by atomic mass is 16.4. The molecular weight excluding hydrogens is 344 g/mol. The lowest BCUT2D eigenvalue weighted by atomic mass is 9.92. The molecule has 0 saturated carbocycles. The van der Waals surface area contributed by atoms with Crippen molar-refractivity contribution in [3.8, 4) is 0 Å². The molecule has 2 bridgehead atoms. The van der Waals surface area contributed by atoms with Crippen molar-refractivity contribution < 1.29 is 14.3 Å². The summed E-state index contributed by atoms with van der Waals surface area (Å²) in [5.41, 5.74) is 2.27. The molecular formula is C20H26N4O3. The Labute approximate surface area is 158 Å². The molecule has 7 heteroatoms. The van der Waals surface area contributed by atoms with Gasteiger partial charge in [-0.2, -0.15) is 4.98 Å². The van der Waals surface area contributed by atoms with Crippen molar-refractivity contribution in [2.24, 2.45) is 5.92 Å². The molecule has 1 amide bonds. The molecule has 2 aromatic heterocycles. The summed E-state index contributed by atoms with van der Waals surface area (Å²) < 4.78 is 5.86. The molecule has 3 aliphatic rings. The average Bonchev–Trinajstić information content (AvgIpc) is 3.20. The number of hydrogen-bond donors (Lipinski definition) is 1. The summed E-state index contributed by atoms with van der Waals surface area (Å²) in [6, 6.07) is 4.93. The SMILES string of the molecule is Cc1ccc2oc(N3CCC(C(=O)N4[C@@H]5CC[C@H]4CC(O)C5)CC3)nc2n1. The summed E-state index contributed by atoms with van der Waals surface area (Å²) in [4.78, 5) is 26.3. The number of nitrogens with zero attached hydrogens (tertiary/aromatic N) is 4. The number of carbonyl (C=O) groups excluding carboxylic acids is 1. The Morgan fingerprint density at radius 2 is 1.81 bits per heavy atom. The Morgan fingerprint density at radius 1 is 1.11 bits per heavy atom. The van der Waals surface area contributed by atoms with Crippen LogP contribution in [0.3, 0.4) is 0 Å². The van der Waals surface area contributed by atoms with Gasteiger partial charge >= 0.3 is 0 Å². The zero-order chi connectivity index (χ0) is 18.5. The van der Waals surface area contributed by atoms with Crippen molar-refractivity contribution in [2.75, 3.05) is 18.0 Å². The topological polar surface area (TPSA) is 82.7 Å². The number of fused-ring (bicyclic) bond motifs is 3. The van der Waals surface area contributed by atoms with Gasteiger partial charge < -0.3 is 19.3 Å². The molecule has 0 radical (unpaired) electrons. The van der Waals surface area contributed by atoms with Crippen LogP contribution in [-0.4, -0.2) is 57.2 Å². The van der Waals surface area contributed by atoms with Crippen LogP contribution in [0, 0.1) is 12.8 Å². The van der Waals surface area contributed by atoms with Gasteiger partial charge in [0.2, 0.25) is 11.6 Å². The van der Waals surface area contributed by atoms with E-state index in [1.165, 1.54) is 0 Å². The molecule has 27 heavy (non-hydrogen) atoms. The van der Waals surface area contributed by atoms with Crippen LogP contribution in [0.2, 0.25) is 0 Å². The third kappa shape index (κ3) is 2.98. The summed E-state index contributed by atoms with van der Waals surface area (Å²) in [5, 5.41) is 9.97. The molecule has 5 heterocycles. The first-order valence-electron chi connectivity index (χ1n) is 10.1. The Balaban J connectivity index is 1.25. The van der Waals surface area contributed by atoms with Crippen LogP contribution in [0.5, 0.6) is 0 Å². The molecule has 5 rings (SSSR count). The van der Waals surface area contributed by atoms with E-state index in [4.69, 9.17) is 4.42 Å². The molecule has 3 atom stereocenters. The van der Waals surface area contributed by atoms with Gasteiger partial charge in [0.05, 0.1) is 6.10 Å². The third-order valence-electron chi connectivity index (χ3n) is 6.46. The number of amides is 1. The summed E-state index contributed by atoms with van der Waals surface area (Å²) >= 11 is 0. The fraction of sp³-hybridized carbons (Fsp3) is 0.650. The molecule has 1 unspecified atom stereocenters. The smallest absolute Gasteiger partial charge is 0.299 e. The fourth-order valence-electron chi connectivity index (χ4n) is 5.07. The minimum atomic E-state index is -0.232. The zero-order valence-corrected chi connectivity index (χ0v) is 15.7. The first-order valence-corrected chi connectivity index (χ1v) is 10.1. The minimum Gasteiger partial charge on any atom is -0.422 e. The van der Waals surface area contributed by atoms with Crippen LogP contribution in [0.15, 0.2) is 16.5 Å². The van der Waals surface area contributed by atoms with E-state index in [1.807, 2.05) is 19.1 Å². The van der Waals surface area contributed by atoms with Gasteiger partial charge in [0.15, 0.2) is 5.58 Å². The number of aliphatic hydroxyl groups is 1. The second-order valence-corrected chi connectivity index (χ2v) is 8.29. The van der Waals surface area contributed by atoms with Crippen molar-refractivity contribution >= 4 is 23.2 Å². The lowest BCUT2D eigenvalue weighted by molar-refractivity contribution is -0.142. The summed E-state index contributed by atoms with van der Waals surface area (Å²) in [5.74, 6) is 0.369. The molecule has 0 spiro atoms. The Hall–Kier alpha value is -2.15. The molecule has 3 aliphatic heterocycles. The van der Waals surface area contributed by atoms with Crippen LogP contribution in [0.25, 0.3) is 11.2 Å². The lowest BCUT2D eigenvalue weighted by Crippen LogP contribution is -2.51. The molecule has 0 aliphatic carbocycles.